The van der Waals surface area contributed by atoms with Gasteiger partial charge in [0.25, 0.3) is 5.91 Å². The SMILES string of the molecule is Cc1cc(C)cc(C(=O)N2CCNC[C@H]2Cc2ccccc2)c1. The van der Waals surface area contributed by atoms with Crippen molar-refractivity contribution < 1.29 is 4.79 Å². The molecule has 0 aromatic heterocycles. The van der Waals surface area contributed by atoms with Crippen LogP contribution in [-0.2, 0) is 6.42 Å². The first kappa shape index (κ1) is 15.8. The lowest BCUT2D eigenvalue weighted by Gasteiger charge is -2.36. The van der Waals surface area contributed by atoms with Crippen LogP contribution in [0, 0.1) is 13.8 Å². The molecule has 3 heteroatoms. The lowest BCUT2D eigenvalue weighted by molar-refractivity contribution is 0.0636. The molecule has 0 unspecified atom stereocenters. The van der Waals surface area contributed by atoms with E-state index in [2.05, 4.69) is 35.6 Å². The Morgan fingerprint density at radius 1 is 1.13 bits per heavy atom. The van der Waals surface area contributed by atoms with Crippen molar-refractivity contribution >= 4 is 5.91 Å². The molecule has 0 aliphatic carbocycles. The summed E-state index contributed by atoms with van der Waals surface area (Å²) < 4.78 is 0. The normalized spacial score (nSPS) is 18.0. The van der Waals surface area contributed by atoms with Crippen molar-refractivity contribution in [1.82, 2.24) is 10.2 Å². The lowest BCUT2D eigenvalue weighted by atomic mass is 10.0. The summed E-state index contributed by atoms with van der Waals surface area (Å²) in [6.07, 6.45) is 0.893. The van der Waals surface area contributed by atoms with Crippen molar-refractivity contribution in [2.45, 2.75) is 26.3 Å². The maximum atomic E-state index is 13.0. The van der Waals surface area contributed by atoms with Crippen LogP contribution in [0.15, 0.2) is 48.5 Å². The minimum atomic E-state index is 0.152. The van der Waals surface area contributed by atoms with Crippen LogP contribution in [0.2, 0.25) is 0 Å². The summed E-state index contributed by atoms with van der Waals surface area (Å²) in [7, 11) is 0. The smallest absolute Gasteiger partial charge is 0.254 e. The monoisotopic (exact) mass is 308 g/mol. The van der Waals surface area contributed by atoms with Crippen molar-refractivity contribution in [3.8, 4) is 0 Å². The Kier molecular flexibility index (Phi) is 4.77. The number of benzene rings is 2. The van der Waals surface area contributed by atoms with E-state index in [-0.39, 0.29) is 11.9 Å². The third kappa shape index (κ3) is 3.80. The molecule has 0 bridgehead atoms. The van der Waals surface area contributed by atoms with E-state index >= 15 is 0 Å². The molecular formula is C20H24N2O. The Balaban J connectivity index is 1.81. The highest BCUT2D eigenvalue weighted by molar-refractivity contribution is 5.95. The van der Waals surface area contributed by atoms with E-state index in [1.165, 1.54) is 5.56 Å². The molecule has 1 saturated heterocycles. The van der Waals surface area contributed by atoms with E-state index in [9.17, 15) is 4.79 Å². The number of carbonyl (C=O) groups excluding carboxylic acids is 1. The van der Waals surface area contributed by atoms with E-state index in [1.807, 2.05) is 36.9 Å². The number of nitrogens with zero attached hydrogens (tertiary/aromatic N) is 1. The van der Waals surface area contributed by atoms with Gasteiger partial charge in [-0.2, -0.15) is 0 Å². The topological polar surface area (TPSA) is 32.3 Å². The minimum absolute atomic E-state index is 0.152. The fourth-order valence-electron chi connectivity index (χ4n) is 3.36. The number of hydrogen-bond donors (Lipinski definition) is 1. The lowest BCUT2D eigenvalue weighted by Crippen LogP contribution is -2.54. The first-order chi connectivity index (χ1) is 11.1. The van der Waals surface area contributed by atoms with Crippen LogP contribution in [-0.4, -0.2) is 36.5 Å². The first-order valence-corrected chi connectivity index (χ1v) is 8.27. The first-order valence-electron chi connectivity index (χ1n) is 8.27. The average molecular weight is 308 g/mol. The molecule has 1 aliphatic rings. The van der Waals surface area contributed by atoms with Crippen molar-refractivity contribution in [3.63, 3.8) is 0 Å². The summed E-state index contributed by atoms with van der Waals surface area (Å²) in [5, 5.41) is 3.42. The number of carbonyl (C=O) groups is 1. The van der Waals surface area contributed by atoms with Crippen LogP contribution in [0.4, 0.5) is 0 Å². The van der Waals surface area contributed by atoms with E-state index in [4.69, 9.17) is 0 Å². The summed E-state index contributed by atoms with van der Waals surface area (Å²) in [5.74, 6) is 0.152. The molecule has 0 radical (unpaired) electrons. The predicted octanol–water partition coefficient (Wildman–Crippen LogP) is 2.96. The van der Waals surface area contributed by atoms with E-state index in [1.54, 1.807) is 0 Å². The molecular weight excluding hydrogens is 284 g/mol. The van der Waals surface area contributed by atoms with Gasteiger partial charge < -0.3 is 10.2 Å². The van der Waals surface area contributed by atoms with Gasteiger partial charge in [-0.1, -0.05) is 47.5 Å². The molecule has 0 spiro atoms. The second kappa shape index (κ2) is 6.97. The quantitative estimate of drug-likeness (QED) is 0.945. The van der Waals surface area contributed by atoms with Crippen LogP contribution in [0.5, 0.6) is 0 Å². The molecule has 2 aromatic rings. The van der Waals surface area contributed by atoms with Gasteiger partial charge >= 0.3 is 0 Å². The van der Waals surface area contributed by atoms with Crippen molar-refractivity contribution in [3.05, 3.63) is 70.8 Å². The standard InChI is InChI=1S/C20H24N2O/c1-15-10-16(2)12-18(11-15)20(23)22-9-8-21-14-19(22)13-17-6-4-3-5-7-17/h3-7,10-12,19,21H,8-9,13-14H2,1-2H3/t19-/m1/s1. The molecule has 2 aromatic carbocycles. The van der Waals surface area contributed by atoms with Crippen LogP contribution < -0.4 is 5.32 Å². The van der Waals surface area contributed by atoms with Gasteiger partial charge in [-0.05, 0) is 38.0 Å². The van der Waals surface area contributed by atoms with Crippen molar-refractivity contribution in [2.24, 2.45) is 0 Å². The summed E-state index contributed by atoms with van der Waals surface area (Å²) in [5.41, 5.74) is 4.37. The molecule has 120 valence electrons. The van der Waals surface area contributed by atoms with E-state index < -0.39 is 0 Å². The Morgan fingerprint density at radius 2 is 1.83 bits per heavy atom. The Morgan fingerprint density at radius 3 is 2.52 bits per heavy atom. The number of nitrogens with one attached hydrogen (secondary N) is 1. The van der Waals surface area contributed by atoms with Crippen LogP contribution >= 0.6 is 0 Å². The molecule has 1 atom stereocenters. The molecule has 1 N–H and O–H groups in total. The molecule has 1 amide bonds. The summed E-state index contributed by atoms with van der Waals surface area (Å²) >= 11 is 0. The summed E-state index contributed by atoms with van der Waals surface area (Å²) in [6, 6.07) is 16.7. The molecule has 1 aliphatic heterocycles. The fraction of sp³-hybridized carbons (Fsp3) is 0.350. The zero-order valence-corrected chi connectivity index (χ0v) is 13.9. The highest BCUT2D eigenvalue weighted by atomic mass is 16.2. The Labute approximate surface area is 138 Å². The molecule has 0 saturated carbocycles. The van der Waals surface area contributed by atoms with Gasteiger partial charge in [0.15, 0.2) is 0 Å². The van der Waals surface area contributed by atoms with E-state index in [0.717, 1.165) is 42.7 Å². The van der Waals surface area contributed by atoms with Gasteiger partial charge in [-0.25, -0.2) is 0 Å². The third-order valence-corrected chi connectivity index (χ3v) is 4.39. The zero-order valence-electron chi connectivity index (χ0n) is 13.9. The van der Waals surface area contributed by atoms with Crippen molar-refractivity contribution in [2.75, 3.05) is 19.6 Å². The highest BCUT2D eigenvalue weighted by Gasteiger charge is 2.27. The number of aryl methyl sites for hydroxylation is 2. The van der Waals surface area contributed by atoms with Crippen LogP contribution in [0.3, 0.4) is 0 Å². The second-order valence-electron chi connectivity index (χ2n) is 6.42. The number of rotatable bonds is 3. The van der Waals surface area contributed by atoms with Gasteiger partial charge in [0.2, 0.25) is 0 Å². The average Bonchev–Trinajstić information content (AvgIpc) is 2.55. The fourth-order valence-corrected chi connectivity index (χ4v) is 3.36. The van der Waals surface area contributed by atoms with Crippen LogP contribution in [0.25, 0.3) is 0 Å². The maximum absolute atomic E-state index is 13.0. The minimum Gasteiger partial charge on any atom is -0.333 e. The van der Waals surface area contributed by atoms with Gasteiger partial charge in [0.05, 0.1) is 0 Å². The summed E-state index contributed by atoms with van der Waals surface area (Å²) in [4.78, 5) is 15.0. The van der Waals surface area contributed by atoms with Gasteiger partial charge in [-0.3, -0.25) is 4.79 Å². The van der Waals surface area contributed by atoms with Gasteiger partial charge in [0, 0.05) is 31.2 Å². The molecule has 1 fully saturated rings. The largest absolute Gasteiger partial charge is 0.333 e. The van der Waals surface area contributed by atoms with Gasteiger partial charge in [-0.15, -0.1) is 0 Å². The Bertz CT molecular complexity index is 661. The second-order valence-corrected chi connectivity index (χ2v) is 6.42. The third-order valence-electron chi connectivity index (χ3n) is 4.39. The summed E-state index contributed by atoms with van der Waals surface area (Å²) in [6.45, 7) is 6.57. The number of amides is 1. The Hall–Kier alpha value is -2.13. The number of piperazine rings is 1. The number of hydrogen-bond acceptors (Lipinski definition) is 2. The van der Waals surface area contributed by atoms with Crippen LogP contribution in [0.1, 0.15) is 27.0 Å². The zero-order chi connectivity index (χ0) is 16.2. The predicted molar refractivity (Wildman–Crippen MR) is 93.8 cm³/mol. The molecule has 3 rings (SSSR count). The van der Waals surface area contributed by atoms with Crippen molar-refractivity contribution in [1.29, 1.82) is 0 Å². The molecule has 23 heavy (non-hydrogen) atoms. The molecule has 1 heterocycles. The highest BCUT2D eigenvalue weighted by Crippen LogP contribution is 2.17. The maximum Gasteiger partial charge on any atom is 0.254 e. The molecule has 3 nitrogen and oxygen atoms in total. The van der Waals surface area contributed by atoms with Gasteiger partial charge in [0.1, 0.15) is 0 Å². The van der Waals surface area contributed by atoms with E-state index in [0.29, 0.717) is 0 Å².